The molecule has 0 aliphatic carbocycles. The van der Waals surface area contributed by atoms with Crippen LogP contribution in [-0.4, -0.2) is 191 Å². The number of fused-ring (bicyclic) bond motifs is 1. The average Bonchev–Trinajstić information content (AvgIpc) is 2.32. The van der Waals surface area contributed by atoms with Crippen LogP contribution < -0.4 is 47.9 Å². The quantitative estimate of drug-likeness (QED) is 0.0346. The van der Waals surface area contributed by atoms with Crippen molar-refractivity contribution in [2.75, 3.05) is 85.3 Å². The fraction of sp³-hybridized carbons (Fsp3) is 0.661. The van der Waals surface area contributed by atoms with Gasteiger partial charge in [0.25, 0.3) is 0 Å². The normalized spacial score (nSPS) is 21.8. The third-order valence-corrected chi connectivity index (χ3v) is 16.6. The number of hydrogen-bond acceptors (Lipinski definition) is 15. The van der Waals surface area contributed by atoms with Gasteiger partial charge in [0.15, 0.2) is 0 Å². The Kier molecular flexibility index (Phi) is 32.8. The predicted molar refractivity (Wildman–Crippen MR) is 329 cm³/mol. The Hall–Kier alpha value is -6.54. The van der Waals surface area contributed by atoms with E-state index >= 15 is 0 Å². The molecule has 2 aromatic rings. The summed E-state index contributed by atoms with van der Waals surface area (Å²) in [5.41, 5.74) is 1.59. The van der Waals surface area contributed by atoms with Crippen LogP contribution >= 0.6 is 11.8 Å². The first kappa shape index (κ1) is 71.2. The Balaban J connectivity index is 1.03. The highest BCUT2D eigenvalue weighted by Gasteiger charge is 2.43. The van der Waals surface area contributed by atoms with E-state index in [2.05, 4.69) is 47.9 Å². The minimum atomic E-state index is -1.17. The molecule has 0 unspecified atom stereocenters. The summed E-state index contributed by atoms with van der Waals surface area (Å²) in [5, 5.41) is 26.3. The Morgan fingerprint density at radius 2 is 1.09 bits per heavy atom. The first-order valence-corrected chi connectivity index (χ1v) is 32.0. The third kappa shape index (κ3) is 27.2. The summed E-state index contributed by atoms with van der Waals surface area (Å²) < 4.78 is 27.6. The standard InChI is InChI=1S/C62H96N10O14S/c1-42(2)38-48-58(77)70-54(43(3)4)60(79)72(5)50(39-44-18-8-6-9-19-44)59(78)67-47(56(75)66-46(57(76)68-48)22-15-17-28-65-62(81)86-40-45-20-10-7-11-21-45)23-14-16-27-63-53(74)26-30-82-32-34-84-36-37-85-35-33-83-31-29-64-52(73)25-13-12-24-51-55-49(41-87-51)69-61(80)71-55/h6-11,18-21,42-43,46-51,54-55H,12-17,22-41H2,1-5H3,(H,63,74)(H,64,73)(H,65,81)(H,66,75)(H,67,78)(H,68,76)(H,70,77)(H2,69,71,80)/t46-,47-,48-,49-,50+,51-,54-,55-/m0/s1. The number of alkyl carbamates (subject to hydrolysis) is 1. The first-order chi connectivity index (χ1) is 42.0. The maximum atomic E-state index is 14.6. The van der Waals surface area contributed by atoms with Crippen LogP contribution in [0.3, 0.4) is 0 Å². The van der Waals surface area contributed by atoms with Crippen molar-refractivity contribution < 1.29 is 66.8 Å². The topological polar surface area (TPSA) is 311 Å². The second-order valence-corrected chi connectivity index (χ2v) is 24.2. The second kappa shape index (κ2) is 40.1. The molecule has 0 aromatic heterocycles. The van der Waals surface area contributed by atoms with Gasteiger partial charge in [-0.2, -0.15) is 11.8 Å². The van der Waals surface area contributed by atoms with Crippen LogP contribution in [0.2, 0.25) is 0 Å². The van der Waals surface area contributed by atoms with Gasteiger partial charge in [-0.1, -0.05) is 94.8 Å². The molecule has 0 bridgehead atoms. The molecule has 8 atom stereocenters. The number of carbonyl (C=O) groups is 9. The maximum Gasteiger partial charge on any atom is 0.407 e. The number of hydrogen-bond donors (Lipinski definition) is 9. The van der Waals surface area contributed by atoms with Crippen LogP contribution in [0, 0.1) is 11.8 Å². The lowest BCUT2D eigenvalue weighted by Gasteiger charge is -2.33. The highest BCUT2D eigenvalue weighted by Crippen LogP contribution is 2.33. The van der Waals surface area contributed by atoms with Crippen LogP contribution in [0.5, 0.6) is 0 Å². The number of rotatable bonds is 37. The van der Waals surface area contributed by atoms with Crippen molar-refractivity contribution in [3.63, 3.8) is 0 Å². The lowest BCUT2D eigenvalue weighted by molar-refractivity contribution is -0.143. The molecular weight excluding hydrogens is 1140 g/mol. The van der Waals surface area contributed by atoms with Crippen molar-refractivity contribution in [2.24, 2.45) is 11.8 Å². The fourth-order valence-corrected chi connectivity index (χ4v) is 11.8. The van der Waals surface area contributed by atoms with Gasteiger partial charge >= 0.3 is 12.1 Å². The van der Waals surface area contributed by atoms with Gasteiger partial charge < -0.3 is 76.4 Å². The van der Waals surface area contributed by atoms with Crippen LogP contribution in [0.1, 0.15) is 116 Å². The van der Waals surface area contributed by atoms with Gasteiger partial charge in [-0.05, 0) is 80.8 Å². The molecule has 3 aliphatic rings. The monoisotopic (exact) mass is 1240 g/mol. The number of ether oxygens (including phenoxy) is 5. The average molecular weight is 1240 g/mol. The van der Waals surface area contributed by atoms with Crippen molar-refractivity contribution >= 4 is 65.2 Å². The van der Waals surface area contributed by atoms with E-state index < -0.39 is 71.8 Å². The first-order valence-electron chi connectivity index (χ1n) is 31.0. The molecule has 0 spiro atoms. The van der Waals surface area contributed by atoms with E-state index in [4.69, 9.17) is 23.7 Å². The van der Waals surface area contributed by atoms with Gasteiger partial charge in [0, 0.05) is 56.9 Å². The summed E-state index contributed by atoms with van der Waals surface area (Å²) in [6.07, 6.45) is 4.84. The highest BCUT2D eigenvalue weighted by atomic mass is 32.2. The third-order valence-electron chi connectivity index (χ3n) is 15.1. The highest BCUT2D eigenvalue weighted by molar-refractivity contribution is 8.00. The summed E-state index contributed by atoms with van der Waals surface area (Å²) in [7, 11) is 1.50. The van der Waals surface area contributed by atoms with Gasteiger partial charge in [0.1, 0.15) is 36.8 Å². The van der Waals surface area contributed by atoms with E-state index in [1.807, 2.05) is 86.3 Å². The summed E-state index contributed by atoms with van der Waals surface area (Å²) in [4.78, 5) is 122. The number of likely N-dealkylation sites (N-methyl/N-ethyl adjacent to an activating group) is 1. The summed E-state index contributed by atoms with van der Waals surface area (Å²) in [6, 6.07) is 13.2. The molecule has 87 heavy (non-hydrogen) atoms. The minimum absolute atomic E-state index is 0.00176. The molecule has 3 fully saturated rings. The number of benzene rings is 2. The summed E-state index contributed by atoms with van der Waals surface area (Å²) >= 11 is 1.88. The van der Waals surface area contributed by atoms with E-state index in [9.17, 15) is 43.2 Å². The minimum Gasteiger partial charge on any atom is -0.445 e. The zero-order valence-electron chi connectivity index (χ0n) is 51.5. The van der Waals surface area contributed by atoms with E-state index in [1.54, 1.807) is 13.8 Å². The Morgan fingerprint density at radius 1 is 0.563 bits per heavy atom. The second-order valence-electron chi connectivity index (χ2n) is 22.9. The molecule has 2 aromatic carbocycles. The zero-order valence-corrected chi connectivity index (χ0v) is 52.3. The molecule has 25 heteroatoms. The van der Waals surface area contributed by atoms with Gasteiger partial charge in [-0.15, -0.1) is 0 Å². The Morgan fingerprint density at radius 3 is 1.71 bits per heavy atom. The van der Waals surface area contributed by atoms with Crippen molar-refractivity contribution in [1.29, 1.82) is 0 Å². The van der Waals surface area contributed by atoms with Crippen molar-refractivity contribution in [3.8, 4) is 0 Å². The number of thioether (sulfide) groups is 1. The number of urea groups is 1. The SMILES string of the molecule is CC(C)C[C@@H]1NC(=O)[C@H](CCCCNC(=O)OCc2ccccc2)NC(=O)[C@H](CCCCNC(=O)CCOCCOCCOCCOCCNC(=O)CCCC[C@@H]2SC[C@@H]3NC(=O)N[C@@H]32)NC(=O)[C@@H](Cc2ccccc2)N(C)C(=O)[C@H](C(C)C)NC1=O. The number of carbonyl (C=O) groups excluding carboxylic acids is 9. The lowest BCUT2D eigenvalue weighted by Crippen LogP contribution is -2.59. The number of nitrogens with one attached hydrogen (secondary N) is 9. The molecule has 3 aliphatic heterocycles. The molecule has 10 amide bonds. The van der Waals surface area contributed by atoms with Crippen LogP contribution in [0.4, 0.5) is 9.59 Å². The molecular formula is C62H96N10O14S. The number of amides is 10. The van der Waals surface area contributed by atoms with Crippen LogP contribution in [0.15, 0.2) is 60.7 Å². The van der Waals surface area contributed by atoms with E-state index in [-0.39, 0.29) is 101 Å². The molecule has 3 heterocycles. The Bertz CT molecular complexity index is 2450. The van der Waals surface area contributed by atoms with Crippen molar-refractivity contribution in [1.82, 2.24) is 52.8 Å². The van der Waals surface area contributed by atoms with Crippen LogP contribution in [-0.2, 0) is 70.3 Å². The van der Waals surface area contributed by atoms with E-state index in [0.717, 1.165) is 36.1 Å². The molecule has 3 saturated heterocycles. The largest absolute Gasteiger partial charge is 0.445 e. The van der Waals surface area contributed by atoms with Gasteiger partial charge in [0.05, 0.1) is 64.9 Å². The summed E-state index contributed by atoms with van der Waals surface area (Å²) in [5.74, 6) is -2.74. The molecule has 0 radical (unpaired) electrons. The van der Waals surface area contributed by atoms with E-state index in [0.29, 0.717) is 83.5 Å². The predicted octanol–water partition coefficient (Wildman–Crippen LogP) is 3.39. The van der Waals surface area contributed by atoms with Gasteiger partial charge in [-0.25, -0.2) is 9.59 Å². The van der Waals surface area contributed by atoms with Gasteiger partial charge in [0.2, 0.25) is 41.4 Å². The number of nitrogens with zero attached hydrogens (tertiary/aromatic N) is 1. The van der Waals surface area contributed by atoms with Crippen molar-refractivity contribution in [3.05, 3.63) is 71.8 Å². The molecule has 5 rings (SSSR count). The molecule has 9 N–H and O–H groups in total. The van der Waals surface area contributed by atoms with Gasteiger partial charge in [-0.3, -0.25) is 33.6 Å². The van der Waals surface area contributed by atoms with Crippen LogP contribution in [0.25, 0.3) is 0 Å². The number of unbranched alkanes of at least 4 members (excludes halogenated alkanes) is 3. The van der Waals surface area contributed by atoms with E-state index in [1.165, 1.54) is 11.9 Å². The Labute approximate surface area is 517 Å². The smallest absolute Gasteiger partial charge is 0.407 e. The molecule has 0 saturated carbocycles. The molecule has 484 valence electrons. The van der Waals surface area contributed by atoms with Crippen molar-refractivity contribution in [2.45, 2.75) is 165 Å². The zero-order chi connectivity index (χ0) is 62.8. The lowest BCUT2D eigenvalue weighted by atomic mass is 9.97. The fourth-order valence-electron chi connectivity index (χ4n) is 10.2. The maximum absolute atomic E-state index is 14.6. The molecule has 24 nitrogen and oxygen atoms in total. The summed E-state index contributed by atoms with van der Waals surface area (Å²) in [6.45, 7) is 11.0.